The number of rotatable bonds is 3. The first-order chi connectivity index (χ1) is 9.36. The minimum Gasteiger partial charge on any atom is -0.166 e. The Hall–Kier alpha value is -1.48. The number of hydrogen-bond donors (Lipinski definition) is 0. The first kappa shape index (κ1) is 14.9. The third kappa shape index (κ3) is 3.76. The van der Waals surface area contributed by atoms with Crippen LogP contribution in [0.3, 0.4) is 0 Å². The third-order valence-electron chi connectivity index (χ3n) is 3.14. The second-order valence-electron chi connectivity index (χ2n) is 4.78. The maximum atomic E-state index is 12.5. The molecule has 1 unspecified atom stereocenters. The van der Waals surface area contributed by atoms with Crippen LogP contribution in [-0.4, -0.2) is 0 Å². The van der Waals surface area contributed by atoms with Gasteiger partial charge in [-0.05, 0) is 36.6 Å². The monoisotopic (exact) mass is 298 g/mol. The van der Waals surface area contributed by atoms with Crippen LogP contribution in [0.1, 0.15) is 27.6 Å². The van der Waals surface area contributed by atoms with Gasteiger partial charge in [-0.1, -0.05) is 42.0 Å². The molecule has 2 aromatic rings. The van der Waals surface area contributed by atoms with E-state index in [1.165, 1.54) is 12.1 Å². The molecule has 0 radical (unpaired) electrons. The molecule has 0 bridgehead atoms. The lowest BCUT2D eigenvalue weighted by Gasteiger charge is -2.12. The molecule has 20 heavy (non-hydrogen) atoms. The van der Waals surface area contributed by atoms with Crippen LogP contribution in [0.4, 0.5) is 13.2 Å². The van der Waals surface area contributed by atoms with Crippen LogP contribution in [0.15, 0.2) is 48.5 Å². The van der Waals surface area contributed by atoms with Crippen LogP contribution in [-0.2, 0) is 12.6 Å². The molecule has 0 amide bonds. The molecule has 0 N–H and O–H groups in total. The van der Waals surface area contributed by atoms with E-state index in [1.54, 1.807) is 0 Å². The fraction of sp³-hybridized carbons (Fsp3) is 0.250. The lowest BCUT2D eigenvalue weighted by atomic mass is 10.0. The van der Waals surface area contributed by atoms with Crippen LogP contribution in [0.25, 0.3) is 0 Å². The Morgan fingerprint density at radius 3 is 2.00 bits per heavy atom. The van der Waals surface area contributed by atoms with Crippen molar-refractivity contribution in [2.24, 2.45) is 0 Å². The van der Waals surface area contributed by atoms with E-state index >= 15 is 0 Å². The summed E-state index contributed by atoms with van der Waals surface area (Å²) in [5, 5.41) is -0.243. The van der Waals surface area contributed by atoms with Gasteiger partial charge in [-0.15, -0.1) is 11.6 Å². The van der Waals surface area contributed by atoms with Crippen LogP contribution in [0.5, 0.6) is 0 Å². The number of hydrogen-bond acceptors (Lipinski definition) is 0. The highest BCUT2D eigenvalue weighted by atomic mass is 35.5. The summed E-state index contributed by atoms with van der Waals surface area (Å²) in [6.07, 6.45) is -3.79. The van der Waals surface area contributed by atoms with Gasteiger partial charge < -0.3 is 0 Å². The molecule has 0 aromatic heterocycles. The van der Waals surface area contributed by atoms with Crippen molar-refractivity contribution in [1.29, 1.82) is 0 Å². The number of aryl methyl sites for hydroxylation is 1. The Labute approximate surface area is 121 Å². The Kier molecular flexibility index (Phi) is 4.39. The van der Waals surface area contributed by atoms with E-state index in [0.717, 1.165) is 28.8 Å². The lowest BCUT2D eigenvalue weighted by Crippen LogP contribution is -2.05. The molecular weight excluding hydrogens is 285 g/mol. The van der Waals surface area contributed by atoms with Crippen LogP contribution >= 0.6 is 11.6 Å². The SMILES string of the molecule is Cc1ccc(C(Cl)Cc2ccc(C(F)(F)F)cc2)cc1. The Morgan fingerprint density at radius 2 is 1.50 bits per heavy atom. The van der Waals surface area contributed by atoms with Gasteiger partial charge in [0.25, 0.3) is 0 Å². The van der Waals surface area contributed by atoms with Crippen molar-refractivity contribution < 1.29 is 13.2 Å². The predicted molar refractivity (Wildman–Crippen MR) is 74.9 cm³/mol. The van der Waals surface area contributed by atoms with Crippen molar-refractivity contribution in [3.63, 3.8) is 0 Å². The second-order valence-corrected chi connectivity index (χ2v) is 5.30. The molecule has 0 aliphatic carbocycles. The van der Waals surface area contributed by atoms with Gasteiger partial charge >= 0.3 is 6.18 Å². The molecule has 106 valence electrons. The predicted octanol–water partition coefficient (Wildman–Crippen LogP) is 5.54. The van der Waals surface area contributed by atoms with E-state index < -0.39 is 11.7 Å². The van der Waals surface area contributed by atoms with E-state index in [-0.39, 0.29) is 5.38 Å². The van der Waals surface area contributed by atoms with E-state index in [9.17, 15) is 13.2 Å². The molecule has 0 fully saturated rings. The van der Waals surface area contributed by atoms with Gasteiger partial charge in [0, 0.05) is 0 Å². The summed E-state index contributed by atoms with van der Waals surface area (Å²) in [6.45, 7) is 1.99. The molecule has 0 saturated heterocycles. The summed E-state index contributed by atoms with van der Waals surface area (Å²) in [4.78, 5) is 0. The van der Waals surface area contributed by atoms with Crippen molar-refractivity contribution in [1.82, 2.24) is 0 Å². The van der Waals surface area contributed by atoms with Crippen LogP contribution < -0.4 is 0 Å². The molecule has 2 rings (SSSR count). The summed E-state index contributed by atoms with van der Waals surface area (Å²) >= 11 is 6.30. The smallest absolute Gasteiger partial charge is 0.166 e. The highest BCUT2D eigenvalue weighted by molar-refractivity contribution is 6.20. The average molecular weight is 299 g/mol. The summed E-state index contributed by atoms with van der Waals surface area (Å²) in [5.74, 6) is 0. The van der Waals surface area contributed by atoms with Gasteiger partial charge in [-0.3, -0.25) is 0 Å². The first-order valence-corrected chi connectivity index (χ1v) is 6.66. The molecule has 0 aliphatic rings. The molecule has 0 nitrogen and oxygen atoms in total. The van der Waals surface area contributed by atoms with E-state index in [0.29, 0.717) is 6.42 Å². The first-order valence-electron chi connectivity index (χ1n) is 6.23. The fourth-order valence-corrected chi connectivity index (χ4v) is 2.25. The Balaban J connectivity index is 2.08. The average Bonchev–Trinajstić information content (AvgIpc) is 2.39. The van der Waals surface area contributed by atoms with Crippen LogP contribution in [0.2, 0.25) is 0 Å². The van der Waals surface area contributed by atoms with E-state index in [1.807, 2.05) is 31.2 Å². The third-order valence-corrected chi connectivity index (χ3v) is 3.54. The van der Waals surface area contributed by atoms with Gasteiger partial charge in [-0.25, -0.2) is 0 Å². The zero-order valence-electron chi connectivity index (χ0n) is 10.9. The summed E-state index contributed by atoms with van der Waals surface area (Å²) in [5.41, 5.74) is 2.27. The summed E-state index contributed by atoms with van der Waals surface area (Å²) in [6, 6.07) is 13.0. The highest BCUT2D eigenvalue weighted by Gasteiger charge is 2.29. The van der Waals surface area contributed by atoms with E-state index in [4.69, 9.17) is 11.6 Å². The highest BCUT2D eigenvalue weighted by Crippen LogP contribution is 2.30. The van der Waals surface area contributed by atoms with Gasteiger partial charge in [0.15, 0.2) is 0 Å². The quantitative estimate of drug-likeness (QED) is 0.653. The Morgan fingerprint density at radius 1 is 0.950 bits per heavy atom. The molecule has 0 heterocycles. The lowest BCUT2D eigenvalue weighted by molar-refractivity contribution is -0.137. The number of halogens is 4. The topological polar surface area (TPSA) is 0 Å². The summed E-state index contributed by atoms with van der Waals surface area (Å²) < 4.78 is 37.4. The molecule has 0 saturated carbocycles. The fourth-order valence-electron chi connectivity index (χ4n) is 1.93. The van der Waals surface area contributed by atoms with Gasteiger partial charge in [0.2, 0.25) is 0 Å². The summed E-state index contributed by atoms with van der Waals surface area (Å²) in [7, 11) is 0. The standard InChI is InChI=1S/C16H14ClF3/c1-11-2-6-13(7-3-11)15(17)10-12-4-8-14(9-5-12)16(18,19)20/h2-9,15H,10H2,1H3. The van der Waals surface area contributed by atoms with Gasteiger partial charge in [-0.2, -0.15) is 13.2 Å². The van der Waals surface area contributed by atoms with Crippen molar-refractivity contribution in [2.45, 2.75) is 24.9 Å². The number of alkyl halides is 4. The van der Waals surface area contributed by atoms with Gasteiger partial charge in [0.05, 0.1) is 10.9 Å². The van der Waals surface area contributed by atoms with Gasteiger partial charge in [0.1, 0.15) is 0 Å². The Bertz CT molecular complexity index is 556. The zero-order valence-corrected chi connectivity index (χ0v) is 11.7. The molecule has 0 spiro atoms. The van der Waals surface area contributed by atoms with Crippen molar-refractivity contribution >= 4 is 11.6 Å². The zero-order chi connectivity index (χ0) is 14.8. The van der Waals surface area contributed by atoms with Crippen molar-refractivity contribution in [2.75, 3.05) is 0 Å². The maximum absolute atomic E-state index is 12.5. The van der Waals surface area contributed by atoms with E-state index in [2.05, 4.69) is 0 Å². The second kappa shape index (κ2) is 5.88. The largest absolute Gasteiger partial charge is 0.416 e. The molecule has 2 aromatic carbocycles. The molecule has 0 aliphatic heterocycles. The van der Waals surface area contributed by atoms with Crippen LogP contribution in [0, 0.1) is 6.92 Å². The maximum Gasteiger partial charge on any atom is 0.416 e. The van der Waals surface area contributed by atoms with Crippen molar-refractivity contribution in [3.05, 3.63) is 70.8 Å². The van der Waals surface area contributed by atoms with Crippen molar-refractivity contribution in [3.8, 4) is 0 Å². The normalized spacial score (nSPS) is 13.2. The number of benzene rings is 2. The molecular formula is C16H14ClF3. The molecule has 1 atom stereocenters. The minimum atomic E-state index is -4.30. The minimum absolute atomic E-state index is 0.243. The molecule has 4 heteroatoms.